The molecular weight excluding hydrogens is 266 g/mol. The highest BCUT2D eigenvalue weighted by atomic mass is 16.2. The van der Waals surface area contributed by atoms with Crippen LogP contribution >= 0.6 is 0 Å². The van der Waals surface area contributed by atoms with E-state index in [9.17, 15) is 9.59 Å². The number of carbonyl (C=O) groups is 1. The van der Waals surface area contributed by atoms with Gasteiger partial charge in [-0.25, -0.2) is 0 Å². The number of benzene rings is 1. The van der Waals surface area contributed by atoms with Gasteiger partial charge < -0.3 is 10.4 Å². The Bertz CT molecular complexity index is 696. The van der Waals surface area contributed by atoms with Crippen molar-refractivity contribution in [3.8, 4) is 0 Å². The Morgan fingerprint density at radius 2 is 1.95 bits per heavy atom. The van der Waals surface area contributed by atoms with Crippen LogP contribution in [0.1, 0.15) is 29.7 Å². The van der Waals surface area contributed by atoms with Gasteiger partial charge in [-0.2, -0.15) is 0 Å². The molecule has 110 valence electrons. The van der Waals surface area contributed by atoms with E-state index in [1.807, 2.05) is 18.2 Å². The van der Waals surface area contributed by atoms with Gasteiger partial charge in [-0.05, 0) is 31.7 Å². The topological polar surface area (TPSA) is 77.8 Å². The Balaban J connectivity index is 1.64. The zero-order valence-corrected chi connectivity index (χ0v) is 12.0. The van der Waals surface area contributed by atoms with Crippen molar-refractivity contribution in [2.45, 2.75) is 38.1 Å². The number of aromatic amines is 2. The molecule has 3 rings (SSSR count). The zero-order chi connectivity index (χ0) is 14.9. The third-order valence-corrected chi connectivity index (χ3v) is 4.07. The van der Waals surface area contributed by atoms with Gasteiger partial charge in [0.2, 0.25) is 5.91 Å². The van der Waals surface area contributed by atoms with Gasteiger partial charge in [0, 0.05) is 16.8 Å². The Morgan fingerprint density at radius 1 is 1.24 bits per heavy atom. The minimum absolute atomic E-state index is 0.0865. The van der Waals surface area contributed by atoms with Gasteiger partial charge in [0.05, 0.1) is 6.42 Å². The fourth-order valence-corrected chi connectivity index (χ4v) is 2.67. The highest BCUT2D eigenvalue weighted by molar-refractivity contribution is 5.80. The van der Waals surface area contributed by atoms with Gasteiger partial charge in [-0.15, -0.1) is 0 Å². The third kappa shape index (κ3) is 3.07. The molecule has 1 amide bonds. The molecule has 1 heterocycles. The van der Waals surface area contributed by atoms with Crippen LogP contribution in [0.3, 0.4) is 0 Å². The van der Waals surface area contributed by atoms with Crippen molar-refractivity contribution in [2.24, 2.45) is 0 Å². The smallest absolute Gasteiger partial charge is 0.267 e. The van der Waals surface area contributed by atoms with Crippen molar-refractivity contribution < 1.29 is 4.79 Å². The molecule has 3 N–H and O–H groups in total. The molecule has 1 aliphatic rings. The summed E-state index contributed by atoms with van der Waals surface area (Å²) in [4.78, 5) is 23.8. The van der Waals surface area contributed by atoms with Gasteiger partial charge in [-0.3, -0.25) is 14.7 Å². The van der Waals surface area contributed by atoms with E-state index < -0.39 is 0 Å². The van der Waals surface area contributed by atoms with Crippen molar-refractivity contribution in [1.29, 1.82) is 0 Å². The van der Waals surface area contributed by atoms with Gasteiger partial charge in [-0.1, -0.05) is 30.3 Å². The van der Waals surface area contributed by atoms with Crippen LogP contribution in [-0.2, 0) is 17.6 Å². The molecule has 1 aromatic carbocycles. The minimum atomic E-state index is -0.212. The number of carbonyl (C=O) groups excluding carboxylic acids is 1. The number of aryl methyl sites for hydroxylation is 1. The summed E-state index contributed by atoms with van der Waals surface area (Å²) in [6.45, 7) is 1.79. The Hall–Kier alpha value is -2.30. The first-order chi connectivity index (χ1) is 10.1. The molecule has 5 nitrogen and oxygen atoms in total. The van der Waals surface area contributed by atoms with E-state index in [4.69, 9.17) is 0 Å². The Kier molecular flexibility index (Phi) is 3.41. The lowest BCUT2D eigenvalue weighted by Crippen LogP contribution is -2.40. The first-order valence-electron chi connectivity index (χ1n) is 7.19. The number of nitrogens with one attached hydrogen (secondary N) is 3. The summed E-state index contributed by atoms with van der Waals surface area (Å²) in [6, 6.07) is 10.2. The van der Waals surface area contributed by atoms with Crippen LogP contribution in [0.25, 0.3) is 0 Å². The molecule has 0 bridgehead atoms. The summed E-state index contributed by atoms with van der Waals surface area (Å²) in [6.07, 6.45) is 2.97. The van der Waals surface area contributed by atoms with Gasteiger partial charge in [0.25, 0.3) is 5.56 Å². The van der Waals surface area contributed by atoms with Crippen LogP contribution in [0, 0.1) is 6.92 Å². The van der Waals surface area contributed by atoms with E-state index in [0.29, 0.717) is 5.56 Å². The molecular formula is C16H19N3O2. The highest BCUT2D eigenvalue weighted by Gasteiger charge is 2.43. The molecule has 21 heavy (non-hydrogen) atoms. The van der Waals surface area contributed by atoms with Gasteiger partial charge >= 0.3 is 0 Å². The summed E-state index contributed by atoms with van der Waals surface area (Å²) in [5.74, 6) is -0.0865. The van der Waals surface area contributed by atoms with Gasteiger partial charge in [0.1, 0.15) is 0 Å². The molecule has 5 heteroatoms. The van der Waals surface area contributed by atoms with E-state index in [1.54, 1.807) is 6.92 Å². The van der Waals surface area contributed by atoms with Crippen LogP contribution in [0.15, 0.2) is 35.1 Å². The largest absolute Gasteiger partial charge is 0.350 e. The van der Waals surface area contributed by atoms with Crippen LogP contribution in [0.4, 0.5) is 0 Å². The quantitative estimate of drug-likeness (QED) is 0.777. The lowest BCUT2D eigenvalue weighted by Gasteiger charge is -2.17. The average molecular weight is 285 g/mol. The fourth-order valence-electron chi connectivity index (χ4n) is 2.67. The lowest BCUT2D eigenvalue weighted by atomic mass is 10.0. The average Bonchev–Trinajstić information content (AvgIpc) is 3.14. The molecule has 0 saturated heterocycles. The number of hydrogen-bond donors (Lipinski definition) is 3. The van der Waals surface area contributed by atoms with Crippen LogP contribution in [-0.4, -0.2) is 21.6 Å². The van der Waals surface area contributed by atoms with E-state index in [1.165, 1.54) is 5.56 Å². The van der Waals surface area contributed by atoms with E-state index in [2.05, 4.69) is 27.6 Å². The molecule has 1 fully saturated rings. The minimum Gasteiger partial charge on any atom is -0.350 e. The second kappa shape index (κ2) is 5.24. The SMILES string of the molecule is Cc1[nH][nH]c(=O)c1CC(=O)NC1(Cc2ccccc2)CC1. The number of hydrogen-bond acceptors (Lipinski definition) is 2. The maximum absolute atomic E-state index is 12.2. The number of H-pyrrole nitrogens is 2. The summed E-state index contributed by atoms with van der Waals surface area (Å²) in [5, 5.41) is 8.35. The summed E-state index contributed by atoms with van der Waals surface area (Å²) < 4.78 is 0. The molecule has 0 spiro atoms. The van der Waals surface area contributed by atoms with Crippen molar-refractivity contribution in [1.82, 2.24) is 15.5 Å². The number of amides is 1. The van der Waals surface area contributed by atoms with Crippen molar-refractivity contribution in [3.05, 3.63) is 57.5 Å². The second-order valence-corrected chi connectivity index (χ2v) is 5.85. The highest BCUT2D eigenvalue weighted by Crippen LogP contribution is 2.38. The number of rotatable bonds is 5. The van der Waals surface area contributed by atoms with E-state index in [0.717, 1.165) is 25.0 Å². The molecule has 1 aromatic heterocycles. The van der Waals surface area contributed by atoms with Crippen molar-refractivity contribution in [3.63, 3.8) is 0 Å². The van der Waals surface area contributed by atoms with Crippen molar-refractivity contribution in [2.75, 3.05) is 0 Å². The predicted octanol–water partition coefficient (Wildman–Crippen LogP) is 1.45. The molecule has 1 aliphatic carbocycles. The summed E-state index contributed by atoms with van der Waals surface area (Å²) >= 11 is 0. The number of aromatic nitrogens is 2. The second-order valence-electron chi connectivity index (χ2n) is 5.85. The fraction of sp³-hybridized carbons (Fsp3) is 0.375. The van der Waals surface area contributed by atoms with E-state index in [-0.39, 0.29) is 23.4 Å². The molecule has 2 aromatic rings. The maximum Gasteiger partial charge on any atom is 0.267 e. The van der Waals surface area contributed by atoms with Crippen LogP contribution in [0.5, 0.6) is 0 Å². The predicted molar refractivity (Wildman–Crippen MR) is 80.1 cm³/mol. The zero-order valence-electron chi connectivity index (χ0n) is 12.0. The van der Waals surface area contributed by atoms with Crippen molar-refractivity contribution >= 4 is 5.91 Å². The first kappa shape index (κ1) is 13.7. The Morgan fingerprint density at radius 3 is 2.52 bits per heavy atom. The first-order valence-corrected chi connectivity index (χ1v) is 7.19. The molecule has 0 aliphatic heterocycles. The summed E-state index contributed by atoms with van der Waals surface area (Å²) in [5.41, 5.74) is 2.14. The van der Waals surface area contributed by atoms with E-state index >= 15 is 0 Å². The summed E-state index contributed by atoms with van der Waals surface area (Å²) in [7, 11) is 0. The Labute approximate surface area is 122 Å². The van der Waals surface area contributed by atoms with Gasteiger partial charge in [0.15, 0.2) is 0 Å². The maximum atomic E-state index is 12.2. The molecule has 0 atom stereocenters. The lowest BCUT2D eigenvalue weighted by molar-refractivity contribution is -0.121. The molecule has 0 unspecified atom stereocenters. The third-order valence-electron chi connectivity index (χ3n) is 4.07. The molecule has 1 saturated carbocycles. The van der Waals surface area contributed by atoms with Crippen LogP contribution < -0.4 is 10.9 Å². The van der Waals surface area contributed by atoms with Crippen LogP contribution in [0.2, 0.25) is 0 Å². The molecule has 0 radical (unpaired) electrons. The monoisotopic (exact) mass is 285 g/mol. The normalized spacial score (nSPS) is 15.7. The standard InChI is InChI=1S/C16H19N3O2/c1-11-13(15(21)19-18-11)9-14(20)17-16(7-8-16)10-12-5-3-2-4-6-12/h2-6H,7-10H2,1H3,(H,17,20)(H2,18,19,21).